The van der Waals surface area contributed by atoms with E-state index in [0.29, 0.717) is 23.1 Å². The first-order valence-corrected chi connectivity index (χ1v) is 10.6. The maximum absolute atomic E-state index is 9.76. The van der Waals surface area contributed by atoms with E-state index in [0.717, 1.165) is 22.8 Å². The highest BCUT2D eigenvalue weighted by molar-refractivity contribution is 8.06. The summed E-state index contributed by atoms with van der Waals surface area (Å²) in [7, 11) is 0. The summed E-state index contributed by atoms with van der Waals surface area (Å²) in [5.41, 5.74) is 3.27. The molecule has 5 nitrogen and oxygen atoms in total. The molecule has 1 aliphatic heterocycles. The van der Waals surface area contributed by atoms with Crippen molar-refractivity contribution >= 4 is 29.0 Å². The number of allylic oxidation sites excluding steroid dienone is 1. The molecule has 1 aromatic carbocycles. The first-order valence-electron chi connectivity index (χ1n) is 9.74. The second-order valence-electron chi connectivity index (χ2n) is 7.11. The lowest BCUT2D eigenvalue weighted by Crippen LogP contribution is -2.18. The number of benzene rings is 1. The molecule has 2 N–H and O–H groups in total. The normalized spacial score (nSPS) is 18.8. The molecule has 0 saturated heterocycles. The van der Waals surface area contributed by atoms with Crippen LogP contribution >= 0.6 is 11.8 Å². The number of thioether (sulfide) groups is 1. The minimum absolute atomic E-state index is 0.537. The van der Waals surface area contributed by atoms with Crippen LogP contribution in [0.25, 0.3) is 11.3 Å². The molecule has 1 aliphatic carbocycles. The van der Waals surface area contributed by atoms with E-state index >= 15 is 0 Å². The lowest BCUT2D eigenvalue weighted by molar-refractivity contribution is 0.373. The highest BCUT2D eigenvalue weighted by atomic mass is 32.2. The number of nitriles is 1. The van der Waals surface area contributed by atoms with Crippen molar-refractivity contribution in [2.45, 2.75) is 32.1 Å². The molecule has 0 unspecified atom stereocenters. The molecule has 1 fully saturated rings. The Balaban J connectivity index is 1.48. The summed E-state index contributed by atoms with van der Waals surface area (Å²) in [5.74, 6) is 1.29. The maximum Gasteiger partial charge on any atom is 0.223 e. The van der Waals surface area contributed by atoms with Gasteiger partial charge in [-0.25, -0.2) is 9.97 Å². The van der Waals surface area contributed by atoms with Gasteiger partial charge in [0.15, 0.2) is 0 Å². The summed E-state index contributed by atoms with van der Waals surface area (Å²) >= 11 is 1.52. The summed E-state index contributed by atoms with van der Waals surface area (Å²) in [4.78, 5) is 8.93. The van der Waals surface area contributed by atoms with Crippen LogP contribution in [-0.4, -0.2) is 16.5 Å². The maximum atomic E-state index is 9.76. The fraction of sp³-hybridized carbons (Fsp3) is 0.318. The quantitative estimate of drug-likeness (QED) is 0.701. The first kappa shape index (κ1) is 18.6. The van der Waals surface area contributed by atoms with Crippen molar-refractivity contribution < 1.29 is 0 Å². The van der Waals surface area contributed by atoms with E-state index < -0.39 is 0 Å². The molecule has 28 heavy (non-hydrogen) atoms. The topological polar surface area (TPSA) is 73.6 Å². The van der Waals surface area contributed by atoms with Gasteiger partial charge < -0.3 is 10.6 Å². The Morgan fingerprint density at radius 2 is 2.00 bits per heavy atom. The van der Waals surface area contributed by atoms with Gasteiger partial charge in [-0.15, -0.1) is 0 Å². The van der Waals surface area contributed by atoms with Gasteiger partial charge in [0.2, 0.25) is 5.95 Å². The molecule has 0 radical (unpaired) electrons. The standard InChI is InChI=1S/C22H23N5S/c23-13-18(21-26-20(15-28-21)17-9-5-2-6-10-17)19-11-12-24-22(27-19)25-14-16-7-3-1-4-8-16/h2,5-6,9-12,15-16,26H,1,3-4,7-8,14H2,(H,24,25,27). The number of anilines is 1. The van der Waals surface area contributed by atoms with Crippen LogP contribution in [0.15, 0.2) is 53.0 Å². The van der Waals surface area contributed by atoms with Crippen molar-refractivity contribution in [3.8, 4) is 6.07 Å². The van der Waals surface area contributed by atoms with E-state index in [2.05, 4.69) is 26.7 Å². The molecule has 0 spiro atoms. The zero-order chi connectivity index (χ0) is 19.2. The van der Waals surface area contributed by atoms with Crippen molar-refractivity contribution in [3.05, 3.63) is 64.3 Å². The predicted molar refractivity (Wildman–Crippen MR) is 115 cm³/mol. The van der Waals surface area contributed by atoms with Crippen LogP contribution in [0.3, 0.4) is 0 Å². The number of rotatable bonds is 5. The van der Waals surface area contributed by atoms with Gasteiger partial charge in [-0.2, -0.15) is 5.26 Å². The van der Waals surface area contributed by atoms with E-state index in [-0.39, 0.29) is 0 Å². The lowest BCUT2D eigenvalue weighted by atomic mass is 9.89. The van der Waals surface area contributed by atoms with Crippen LogP contribution < -0.4 is 10.6 Å². The Morgan fingerprint density at radius 3 is 2.79 bits per heavy atom. The van der Waals surface area contributed by atoms with Gasteiger partial charge in [-0.1, -0.05) is 61.4 Å². The largest absolute Gasteiger partial charge is 0.354 e. The first-order chi connectivity index (χ1) is 13.8. The SMILES string of the molecule is N#CC(=C1NC(c2ccccc2)=CS1)c1ccnc(NCC2CCCCC2)n1. The number of nitrogens with one attached hydrogen (secondary N) is 2. The predicted octanol–water partition coefficient (Wildman–Crippen LogP) is 5.00. The van der Waals surface area contributed by atoms with E-state index in [1.807, 2.05) is 35.7 Å². The smallest absolute Gasteiger partial charge is 0.223 e. The van der Waals surface area contributed by atoms with Crippen LogP contribution in [-0.2, 0) is 0 Å². The van der Waals surface area contributed by atoms with Crippen molar-refractivity contribution in [1.29, 1.82) is 5.26 Å². The van der Waals surface area contributed by atoms with Gasteiger partial charge >= 0.3 is 0 Å². The Kier molecular flexibility index (Phi) is 5.93. The summed E-state index contributed by atoms with van der Waals surface area (Å²) in [6, 6.07) is 14.2. The Bertz CT molecular complexity index is 923. The number of hydrogen-bond acceptors (Lipinski definition) is 6. The molecule has 2 aliphatic rings. The molecule has 1 aromatic heterocycles. The van der Waals surface area contributed by atoms with Crippen molar-refractivity contribution in [3.63, 3.8) is 0 Å². The minimum Gasteiger partial charge on any atom is -0.354 e. The highest BCUT2D eigenvalue weighted by Crippen LogP contribution is 2.34. The third-order valence-corrected chi connectivity index (χ3v) is 6.05. The number of aromatic nitrogens is 2. The second-order valence-corrected chi connectivity index (χ2v) is 7.99. The Morgan fingerprint density at radius 1 is 1.18 bits per heavy atom. The van der Waals surface area contributed by atoms with E-state index in [4.69, 9.17) is 0 Å². The molecule has 0 amide bonds. The second kappa shape index (κ2) is 8.94. The molecular formula is C22H23N5S. The molecule has 2 heterocycles. The monoisotopic (exact) mass is 389 g/mol. The third kappa shape index (κ3) is 4.37. The zero-order valence-electron chi connectivity index (χ0n) is 15.7. The molecule has 6 heteroatoms. The average Bonchev–Trinajstić information content (AvgIpc) is 3.24. The fourth-order valence-electron chi connectivity index (χ4n) is 3.61. The summed E-state index contributed by atoms with van der Waals surface area (Å²) in [6.07, 6.45) is 8.25. The summed E-state index contributed by atoms with van der Waals surface area (Å²) in [5, 5.41) is 19.3. The van der Waals surface area contributed by atoms with Gasteiger partial charge in [0.05, 0.1) is 16.4 Å². The number of hydrogen-bond donors (Lipinski definition) is 2. The van der Waals surface area contributed by atoms with Gasteiger partial charge in [0.1, 0.15) is 11.6 Å². The van der Waals surface area contributed by atoms with Crippen molar-refractivity contribution in [2.75, 3.05) is 11.9 Å². The fourth-order valence-corrected chi connectivity index (χ4v) is 4.48. The lowest BCUT2D eigenvalue weighted by Gasteiger charge is -2.21. The van der Waals surface area contributed by atoms with Gasteiger partial charge in [0, 0.05) is 18.1 Å². The molecule has 0 atom stereocenters. The van der Waals surface area contributed by atoms with Gasteiger partial charge in [-0.3, -0.25) is 0 Å². The summed E-state index contributed by atoms with van der Waals surface area (Å²) < 4.78 is 0. The molecule has 4 rings (SSSR count). The van der Waals surface area contributed by atoms with Crippen LogP contribution in [0, 0.1) is 17.2 Å². The average molecular weight is 390 g/mol. The van der Waals surface area contributed by atoms with E-state index in [1.54, 1.807) is 12.3 Å². The van der Waals surface area contributed by atoms with Gasteiger partial charge in [-0.05, 0) is 30.4 Å². The molecule has 142 valence electrons. The van der Waals surface area contributed by atoms with Gasteiger partial charge in [0.25, 0.3) is 0 Å². The van der Waals surface area contributed by atoms with Crippen molar-refractivity contribution in [1.82, 2.24) is 15.3 Å². The number of nitrogens with zero attached hydrogens (tertiary/aromatic N) is 3. The van der Waals surface area contributed by atoms with Crippen molar-refractivity contribution in [2.24, 2.45) is 5.92 Å². The van der Waals surface area contributed by atoms with E-state index in [1.165, 1.54) is 43.9 Å². The van der Waals surface area contributed by atoms with Crippen LogP contribution in [0.2, 0.25) is 0 Å². The zero-order valence-corrected chi connectivity index (χ0v) is 16.5. The van der Waals surface area contributed by atoms with E-state index in [9.17, 15) is 5.26 Å². The Labute approximate surface area is 170 Å². The van der Waals surface area contributed by atoms with Crippen LogP contribution in [0.5, 0.6) is 0 Å². The van der Waals surface area contributed by atoms with Crippen LogP contribution in [0.4, 0.5) is 5.95 Å². The highest BCUT2D eigenvalue weighted by Gasteiger charge is 2.19. The third-order valence-electron chi connectivity index (χ3n) is 5.15. The molecule has 1 saturated carbocycles. The molecule has 0 bridgehead atoms. The molecular weight excluding hydrogens is 366 g/mol. The Hall–Kier alpha value is -2.78. The molecule has 2 aromatic rings. The minimum atomic E-state index is 0.537. The van der Waals surface area contributed by atoms with Crippen LogP contribution in [0.1, 0.15) is 43.4 Å². The summed E-state index contributed by atoms with van der Waals surface area (Å²) in [6.45, 7) is 0.897.